The van der Waals surface area contributed by atoms with E-state index in [1.807, 2.05) is 49.6 Å². The van der Waals surface area contributed by atoms with E-state index < -0.39 is 0 Å². The third-order valence-corrected chi connectivity index (χ3v) is 5.16. The molecule has 31 heavy (non-hydrogen) atoms. The second-order valence-electron chi connectivity index (χ2n) is 9.78. The predicted molar refractivity (Wildman–Crippen MR) is 131 cm³/mol. The number of hydrogen-bond acceptors (Lipinski definition) is 4. The molecule has 1 N–H and O–H groups in total. The lowest BCUT2D eigenvalue weighted by atomic mass is 9.85. The van der Waals surface area contributed by atoms with Crippen LogP contribution in [0.5, 0.6) is 5.75 Å². The largest absolute Gasteiger partial charge is 0.382 e. The van der Waals surface area contributed by atoms with Crippen LogP contribution in [0.25, 0.3) is 22.0 Å². The fraction of sp³-hybridized carbons (Fsp3) is 0.333. The number of rotatable bonds is 5. The standard InChI is InChI=1S/C27H33N3O/c1-26(2,3)23(28-7)18-24(27(4,5)6)30-31-21-13-10-12-20(17-21)25-22-14-9-8-11-19(22)15-16-29-25/h8-18,30H,1-7H3. The summed E-state index contributed by atoms with van der Waals surface area (Å²) in [6.07, 6.45) is 3.94. The number of fused-ring (bicyclic) bond motifs is 1. The highest BCUT2D eigenvalue weighted by Gasteiger charge is 2.23. The average Bonchev–Trinajstić information content (AvgIpc) is 2.71. The molecule has 1 aromatic heterocycles. The zero-order valence-corrected chi connectivity index (χ0v) is 19.7. The number of hydroxylamine groups is 1. The van der Waals surface area contributed by atoms with Crippen LogP contribution in [-0.2, 0) is 0 Å². The van der Waals surface area contributed by atoms with E-state index in [2.05, 4.69) is 81.3 Å². The third-order valence-electron chi connectivity index (χ3n) is 5.16. The van der Waals surface area contributed by atoms with Gasteiger partial charge in [0.05, 0.1) is 11.4 Å². The van der Waals surface area contributed by atoms with Crippen LogP contribution in [0, 0.1) is 10.8 Å². The van der Waals surface area contributed by atoms with Gasteiger partial charge in [0.1, 0.15) is 0 Å². The molecule has 0 bridgehead atoms. The number of aliphatic imine (C=N–C) groups is 1. The summed E-state index contributed by atoms with van der Waals surface area (Å²) < 4.78 is 0. The molecule has 0 atom stereocenters. The maximum atomic E-state index is 6.03. The Hall–Kier alpha value is -3.14. The third kappa shape index (κ3) is 5.52. The maximum absolute atomic E-state index is 6.03. The summed E-state index contributed by atoms with van der Waals surface area (Å²) in [6, 6.07) is 18.3. The van der Waals surface area contributed by atoms with Crippen molar-refractivity contribution in [2.75, 3.05) is 7.05 Å². The van der Waals surface area contributed by atoms with Crippen molar-refractivity contribution in [3.8, 4) is 17.0 Å². The zero-order chi connectivity index (χ0) is 22.6. The smallest absolute Gasteiger partial charge is 0.155 e. The van der Waals surface area contributed by atoms with E-state index in [1.54, 1.807) is 0 Å². The fourth-order valence-electron chi connectivity index (χ4n) is 3.32. The number of allylic oxidation sites excluding steroid dienone is 2. The van der Waals surface area contributed by atoms with E-state index in [-0.39, 0.29) is 10.8 Å². The molecule has 162 valence electrons. The van der Waals surface area contributed by atoms with Crippen LogP contribution in [0.4, 0.5) is 0 Å². The number of pyridine rings is 1. The number of aromatic nitrogens is 1. The maximum Gasteiger partial charge on any atom is 0.155 e. The molecular weight excluding hydrogens is 382 g/mol. The second kappa shape index (κ2) is 8.93. The topological polar surface area (TPSA) is 46.5 Å². The summed E-state index contributed by atoms with van der Waals surface area (Å²) >= 11 is 0. The van der Waals surface area contributed by atoms with Crippen molar-refractivity contribution in [3.05, 3.63) is 72.6 Å². The summed E-state index contributed by atoms with van der Waals surface area (Å²) in [7, 11) is 1.83. The number of hydrogen-bond donors (Lipinski definition) is 1. The van der Waals surface area contributed by atoms with Gasteiger partial charge in [0.15, 0.2) is 5.75 Å². The molecule has 0 aliphatic carbocycles. The molecule has 0 aliphatic heterocycles. The molecule has 4 nitrogen and oxygen atoms in total. The average molecular weight is 416 g/mol. The van der Waals surface area contributed by atoms with E-state index in [0.717, 1.165) is 33.8 Å². The van der Waals surface area contributed by atoms with E-state index in [4.69, 9.17) is 4.84 Å². The number of benzene rings is 2. The van der Waals surface area contributed by atoms with Crippen LogP contribution in [-0.4, -0.2) is 17.7 Å². The van der Waals surface area contributed by atoms with Crippen molar-refractivity contribution in [1.82, 2.24) is 10.5 Å². The minimum absolute atomic E-state index is 0.0487. The van der Waals surface area contributed by atoms with Crippen molar-refractivity contribution in [2.24, 2.45) is 15.8 Å². The Labute approximate surface area is 186 Å². The lowest BCUT2D eigenvalue weighted by molar-refractivity contribution is 0.200. The summed E-state index contributed by atoms with van der Waals surface area (Å²) in [6.45, 7) is 12.9. The molecule has 0 radical (unpaired) electrons. The second-order valence-corrected chi connectivity index (χ2v) is 9.78. The first-order chi connectivity index (χ1) is 14.6. The predicted octanol–water partition coefficient (Wildman–Crippen LogP) is 6.83. The molecule has 1 heterocycles. The van der Waals surface area contributed by atoms with Gasteiger partial charge >= 0.3 is 0 Å². The molecule has 0 saturated heterocycles. The molecule has 2 aromatic carbocycles. The van der Waals surface area contributed by atoms with E-state index in [1.165, 1.54) is 5.39 Å². The highest BCUT2D eigenvalue weighted by Crippen LogP contribution is 2.30. The first-order valence-corrected chi connectivity index (χ1v) is 10.7. The van der Waals surface area contributed by atoms with Crippen LogP contribution >= 0.6 is 0 Å². The lowest BCUT2D eigenvalue weighted by Gasteiger charge is -2.27. The molecule has 0 fully saturated rings. The first kappa shape index (κ1) is 22.5. The SMILES string of the molecule is CN=C(C=C(NOc1cccc(-c2nccc3ccccc23)c1)C(C)(C)C)C(C)(C)C. The van der Waals surface area contributed by atoms with Crippen LogP contribution in [0.2, 0.25) is 0 Å². The molecule has 0 unspecified atom stereocenters. The van der Waals surface area contributed by atoms with Crippen LogP contribution < -0.4 is 10.3 Å². The van der Waals surface area contributed by atoms with Gasteiger partial charge in [-0.15, -0.1) is 0 Å². The first-order valence-electron chi connectivity index (χ1n) is 10.7. The Morgan fingerprint density at radius 2 is 1.68 bits per heavy atom. The Kier molecular flexibility index (Phi) is 6.49. The molecule has 3 aromatic rings. The Morgan fingerprint density at radius 3 is 2.35 bits per heavy atom. The fourth-order valence-corrected chi connectivity index (χ4v) is 3.32. The van der Waals surface area contributed by atoms with E-state index >= 15 is 0 Å². The summed E-state index contributed by atoms with van der Waals surface area (Å²) in [5.41, 5.74) is 6.96. The Bertz CT molecular complexity index is 1110. The summed E-state index contributed by atoms with van der Waals surface area (Å²) in [5.74, 6) is 0.730. The van der Waals surface area contributed by atoms with Gasteiger partial charge in [-0.05, 0) is 29.7 Å². The normalized spacial score (nSPS) is 13.4. The zero-order valence-electron chi connectivity index (χ0n) is 19.7. The Balaban J connectivity index is 1.89. The number of nitrogens with one attached hydrogen (secondary N) is 1. The monoisotopic (exact) mass is 415 g/mol. The van der Waals surface area contributed by atoms with Gasteiger partial charge in [0.2, 0.25) is 0 Å². The van der Waals surface area contributed by atoms with Gasteiger partial charge in [-0.1, -0.05) is 77.9 Å². The van der Waals surface area contributed by atoms with Crippen molar-refractivity contribution in [1.29, 1.82) is 0 Å². The van der Waals surface area contributed by atoms with Crippen molar-refractivity contribution < 1.29 is 4.84 Å². The van der Waals surface area contributed by atoms with E-state index in [9.17, 15) is 0 Å². The highest BCUT2D eigenvalue weighted by molar-refractivity contribution is 5.99. The lowest BCUT2D eigenvalue weighted by Crippen LogP contribution is -2.30. The Morgan fingerprint density at radius 1 is 0.935 bits per heavy atom. The molecule has 0 spiro atoms. The molecule has 0 saturated carbocycles. The molecule has 4 heteroatoms. The minimum atomic E-state index is -0.129. The van der Waals surface area contributed by atoms with Crippen molar-refractivity contribution in [2.45, 2.75) is 41.5 Å². The summed E-state index contributed by atoms with van der Waals surface area (Å²) in [5, 5.41) is 2.29. The van der Waals surface area contributed by atoms with Crippen LogP contribution in [0.15, 0.2) is 77.6 Å². The van der Waals surface area contributed by atoms with Gasteiger partial charge in [0, 0.05) is 40.7 Å². The minimum Gasteiger partial charge on any atom is -0.382 e. The van der Waals surface area contributed by atoms with Gasteiger partial charge in [-0.2, -0.15) is 0 Å². The van der Waals surface area contributed by atoms with Gasteiger partial charge < -0.3 is 4.84 Å². The van der Waals surface area contributed by atoms with Crippen LogP contribution in [0.1, 0.15) is 41.5 Å². The molecule has 0 amide bonds. The molecular formula is C27H33N3O. The summed E-state index contributed by atoms with van der Waals surface area (Å²) in [4.78, 5) is 15.1. The van der Waals surface area contributed by atoms with Crippen molar-refractivity contribution >= 4 is 16.5 Å². The molecule has 0 aliphatic rings. The van der Waals surface area contributed by atoms with Gasteiger partial charge in [0.25, 0.3) is 0 Å². The van der Waals surface area contributed by atoms with E-state index in [0.29, 0.717) is 0 Å². The highest BCUT2D eigenvalue weighted by atomic mass is 16.6. The quantitative estimate of drug-likeness (QED) is 0.367. The van der Waals surface area contributed by atoms with Crippen LogP contribution in [0.3, 0.4) is 0 Å². The van der Waals surface area contributed by atoms with Gasteiger partial charge in [-0.3, -0.25) is 9.98 Å². The number of nitrogens with zero attached hydrogens (tertiary/aromatic N) is 2. The van der Waals surface area contributed by atoms with Crippen molar-refractivity contribution in [3.63, 3.8) is 0 Å². The molecule has 3 rings (SSSR count). The van der Waals surface area contributed by atoms with Gasteiger partial charge in [-0.25, -0.2) is 5.48 Å².